The molecule has 0 aliphatic carbocycles. The fourth-order valence-electron chi connectivity index (χ4n) is 1.54. The van der Waals surface area contributed by atoms with Gasteiger partial charge in [0, 0.05) is 4.47 Å². The van der Waals surface area contributed by atoms with Crippen LogP contribution in [0.2, 0.25) is 0 Å². The van der Waals surface area contributed by atoms with E-state index in [9.17, 15) is 0 Å². The quantitative estimate of drug-likeness (QED) is 0.660. The molecule has 0 saturated carbocycles. The van der Waals surface area contributed by atoms with Gasteiger partial charge in [0.2, 0.25) is 0 Å². The number of fused-ring (bicyclic) bond motifs is 1. The van der Waals surface area contributed by atoms with Gasteiger partial charge in [-0.2, -0.15) is 0 Å². The maximum Gasteiger partial charge on any atom is 0.123 e. The highest BCUT2D eigenvalue weighted by Gasteiger charge is 2.16. The van der Waals surface area contributed by atoms with Gasteiger partial charge in [-0.05, 0) is 30.0 Å². The van der Waals surface area contributed by atoms with Crippen LogP contribution < -0.4 is 4.74 Å². The zero-order valence-corrected chi connectivity index (χ0v) is 8.60. The first-order chi connectivity index (χ1) is 5.77. The average molecular weight is 227 g/mol. The monoisotopic (exact) mass is 226 g/mol. The van der Waals surface area contributed by atoms with E-state index >= 15 is 0 Å². The molecule has 1 heterocycles. The summed E-state index contributed by atoms with van der Waals surface area (Å²) < 4.78 is 6.64. The number of halogens is 1. The van der Waals surface area contributed by atoms with Crippen LogP contribution in [0.4, 0.5) is 0 Å². The standard InChI is InChI=1S/C10H11BrO/c1-7-4-5-12-10-6-8(11)2-3-9(7)10/h2-3,6-7H,4-5H2,1H3/t7-/m1/s1. The molecular formula is C10H11BrO. The first kappa shape index (κ1) is 8.11. The third-order valence-electron chi connectivity index (χ3n) is 2.31. The van der Waals surface area contributed by atoms with E-state index < -0.39 is 0 Å². The van der Waals surface area contributed by atoms with Crippen molar-refractivity contribution in [3.8, 4) is 5.75 Å². The summed E-state index contributed by atoms with van der Waals surface area (Å²) in [4.78, 5) is 0. The average Bonchev–Trinajstić information content (AvgIpc) is 2.04. The van der Waals surface area contributed by atoms with Gasteiger partial charge in [-0.1, -0.05) is 28.9 Å². The molecule has 2 heteroatoms. The second-order valence-corrected chi connectivity index (χ2v) is 4.14. The van der Waals surface area contributed by atoms with E-state index in [1.165, 1.54) is 5.56 Å². The zero-order chi connectivity index (χ0) is 8.55. The Kier molecular flexibility index (Phi) is 2.09. The Morgan fingerprint density at radius 2 is 2.33 bits per heavy atom. The molecular weight excluding hydrogens is 216 g/mol. The predicted octanol–water partition coefficient (Wildman–Crippen LogP) is 3.34. The third kappa shape index (κ3) is 1.36. The second kappa shape index (κ2) is 3.09. The van der Waals surface area contributed by atoms with Crippen LogP contribution in [0.25, 0.3) is 0 Å². The summed E-state index contributed by atoms with van der Waals surface area (Å²) in [5, 5.41) is 0. The number of rotatable bonds is 0. The van der Waals surface area contributed by atoms with E-state index in [-0.39, 0.29) is 0 Å². The minimum atomic E-state index is 0.641. The molecule has 12 heavy (non-hydrogen) atoms. The molecule has 0 aromatic heterocycles. The van der Waals surface area contributed by atoms with Gasteiger partial charge in [-0.25, -0.2) is 0 Å². The maximum absolute atomic E-state index is 5.54. The number of hydrogen-bond acceptors (Lipinski definition) is 1. The van der Waals surface area contributed by atoms with Crippen molar-refractivity contribution in [2.24, 2.45) is 0 Å². The van der Waals surface area contributed by atoms with E-state index in [2.05, 4.69) is 35.0 Å². The molecule has 1 aromatic carbocycles. The van der Waals surface area contributed by atoms with E-state index in [1.807, 2.05) is 6.07 Å². The molecule has 0 fully saturated rings. The van der Waals surface area contributed by atoms with E-state index in [0.717, 1.165) is 23.2 Å². The lowest BCUT2D eigenvalue weighted by molar-refractivity contribution is 0.272. The van der Waals surface area contributed by atoms with Crippen LogP contribution in [-0.4, -0.2) is 6.61 Å². The van der Waals surface area contributed by atoms with Gasteiger partial charge >= 0.3 is 0 Å². The molecule has 0 spiro atoms. The molecule has 2 rings (SSSR count). The van der Waals surface area contributed by atoms with Crippen molar-refractivity contribution in [2.45, 2.75) is 19.3 Å². The second-order valence-electron chi connectivity index (χ2n) is 3.22. The Morgan fingerprint density at radius 1 is 1.50 bits per heavy atom. The van der Waals surface area contributed by atoms with Crippen LogP contribution in [0.3, 0.4) is 0 Å². The first-order valence-corrected chi connectivity index (χ1v) is 4.99. The molecule has 1 atom stereocenters. The molecule has 1 aromatic rings. The van der Waals surface area contributed by atoms with Crippen LogP contribution in [0, 0.1) is 0 Å². The van der Waals surface area contributed by atoms with E-state index in [1.54, 1.807) is 0 Å². The molecule has 1 aliphatic heterocycles. The van der Waals surface area contributed by atoms with Crippen LogP contribution >= 0.6 is 15.9 Å². The van der Waals surface area contributed by atoms with Crippen molar-refractivity contribution < 1.29 is 4.74 Å². The molecule has 1 nitrogen and oxygen atoms in total. The Labute approximate surface area is 80.9 Å². The van der Waals surface area contributed by atoms with Gasteiger partial charge in [0.25, 0.3) is 0 Å². The summed E-state index contributed by atoms with van der Waals surface area (Å²) in [5.74, 6) is 1.69. The summed E-state index contributed by atoms with van der Waals surface area (Å²) in [6, 6.07) is 6.26. The Balaban J connectivity index is 2.46. The largest absolute Gasteiger partial charge is 0.493 e. The summed E-state index contributed by atoms with van der Waals surface area (Å²) >= 11 is 3.43. The summed E-state index contributed by atoms with van der Waals surface area (Å²) in [6.07, 6.45) is 1.13. The van der Waals surface area contributed by atoms with Crippen molar-refractivity contribution in [2.75, 3.05) is 6.61 Å². The van der Waals surface area contributed by atoms with Crippen LogP contribution in [0.15, 0.2) is 22.7 Å². The topological polar surface area (TPSA) is 9.23 Å². The van der Waals surface area contributed by atoms with E-state index in [0.29, 0.717) is 5.92 Å². The van der Waals surface area contributed by atoms with Crippen molar-refractivity contribution in [1.29, 1.82) is 0 Å². The minimum absolute atomic E-state index is 0.641. The van der Waals surface area contributed by atoms with Crippen molar-refractivity contribution in [1.82, 2.24) is 0 Å². The molecule has 1 aliphatic rings. The summed E-state index contributed by atoms with van der Waals surface area (Å²) in [7, 11) is 0. The molecule has 0 radical (unpaired) electrons. The molecule has 0 saturated heterocycles. The van der Waals surface area contributed by atoms with Crippen LogP contribution in [0.5, 0.6) is 5.75 Å². The lowest BCUT2D eigenvalue weighted by Crippen LogP contribution is -2.11. The molecule has 0 unspecified atom stereocenters. The smallest absolute Gasteiger partial charge is 0.123 e. The fraction of sp³-hybridized carbons (Fsp3) is 0.400. The number of benzene rings is 1. The Hall–Kier alpha value is -0.500. The predicted molar refractivity (Wildman–Crippen MR) is 52.7 cm³/mol. The van der Waals surface area contributed by atoms with Gasteiger partial charge in [-0.3, -0.25) is 0 Å². The Bertz CT molecular complexity index is 296. The van der Waals surface area contributed by atoms with Crippen molar-refractivity contribution >= 4 is 15.9 Å². The van der Waals surface area contributed by atoms with Crippen LogP contribution in [0.1, 0.15) is 24.8 Å². The van der Waals surface area contributed by atoms with Gasteiger partial charge in [-0.15, -0.1) is 0 Å². The zero-order valence-electron chi connectivity index (χ0n) is 7.01. The fourth-order valence-corrected chi connectivity index (χ4v) is 1.88. The Morgan fingerprint density at radius 3 is 3.17 bits per heavy atom. The first-order valence-electron chi connectivity index (χ1n) is 4.19. The highest BCUT2D eigenvalue weighted by Crippen LogP contribution is 2.34. The van der Waals surface area contributed by atoms with Crippen molar-refractivity contribution in [3.05, 3.63) is 28.2 Å². The number of ether oxygens (including phenoxy) is 1. The lowest BCUT2D eigenvalue weighted by atomic mass is 9.95. The maximum atomic E-state index is 5.54. The third-order valence-corrected chi connectivity index (χ3v) is 2.81. The van der Waals surface area contributed by atoms with E-state index in [4.69, 9.17) is 4.74 Å². The summed E-state index contributed by atoms with van der Waals surface area (Å²) in [6.45, 7) is 3.10. The minimum Gasteiger partial charge on any atom is -0.493 e. The van der Waals surface area contributed by atoms with Gasteiger partial charge in [0.15, 0.2) is 0 Å². The molecule has 64 valence electrons. The molecule has 0 amide bonds. The normalized spacial score (nSPS) is 21.3. The molecule has 0 bridgehead atoms. The SMILES string of the molecule is C[C@@H]1CCOc2cc(Br)ccc21. The highest BCUT2D eigenvalue weighted by atomic mass is 79.9. The number of hydrogen-bond donors (Lipinski definition) is 0. The lowest BCUT2D eigenvalue weighted by Gasteiger charge is -2.22. The van der Waals surface area contributed by atoms with Crippen molar-refractivity contribution in [3.63, 3.8) is 0 Å². The van der Waals surface area contributed by atoms with Gasteiger partial charge in [0.1, 0.15) is 5.75 Å². The van der Waals surface area contributed by atoms with Gasteiger partial charge < -0.3 is 4.74 Å². The van der Waals surface area contributed by atoms with Gasteiger partial charge in [0.05, 0.1) is 6.61 Å². The van der Waals surface area contributed by atoms with Crippen LogP contribution in [-0.2, 0) is 0 Å². The summed E-state index contributed by atoms with van der Waals surface area (Å²) in [5.41, 5.74) is 1.34. The highest BCUT2D eigenvalue weighted by molar-refractivity contribution is 9.10. The molecule has 0 N–H and O–H groups in total.